The number of amides is 1. The third-order valence-corrected chi connectivity index (χ3v) is 4.76. The summed E-state index contributed by atoms with van der Waals surface area (Å²) in [6, 6.07) is 12.4. The molecule has 0 atom stereocenters. The molecule has 3 heterocycles. The fourth-order valence-electron chi connectivity index (χ4n) is 3.31. The summed E-state index contributed by atoms with van der Waals surface area (Å²) in [5.74, 6) is 0.709. The van der Waals surface area contributed by atoms with E-state index in [9.17, 15) is 14.0 Å². The summed E-state index contributed by atoms with van der Waals surface area (Å²) < 4.78 is 25.5. The SMILES string of the molecule is O=C(Cc1n[nH]c(=O)c2cc(-c3ccc(F)cc3)nn12)Nc1ccc2c(c1)OCCO2. The van der Waals surface area contributed by atoms with Crippen LogP contribution in [0.5, 0.6) is 11.5 Å². The van der Waals surface area contributed by atoms with E-state index in [1.807, 2.05) is 0 Å². The molecule has 10 heteroatoms. The maximum absolute atomic E-state index is 13.2. The first-order valence-electron chi connectivity index (χ1n) is 9.49. The van der Waals surface area contributed by atoms with Gasteiger partial charge in [-0.2, -0.15) is 10.2 Å². The van der Waals surface area contributed by atoms with Gasteiger partial charge in [0.1, 0.15) is 24.5 Å². The molecule has 9 nitrogen and oxygen atoms in total. The standard InChI is InChI=1S/C21H16FN5O4/c22-13-3-1-12(2-4-13)15-10-16-21(29)25-24-19(27(16)26-15)11-20(28)23-14-5-6-17-18(9-14)31-8-7-30-17/h1-6,9-10H,7-8,11H2,(H,23,28)(H,25,29). The van der Waals surface area contributed by atoms with Gasteiger partial charge in [-0.15, -0.1) is 0 Å². The van der Waals surface area contributed by atoms with Gasteiger partial charge in [-0.3, -0.25) is 9.59 Å². The van der Waals surface area contributed by atoms with Crippen molar-refractivity contribution in [3.05, 3.63) is 70.5 Å². The molecule has 1 aliphatic rings. The number of aromatic nitrogens is 4. The van der Waals surface area contributed by atoms with Crippen LogP contribution < -0.4 is 20.3 Å². The van der Waals surface area contributed by atoms with Crippen molar-refractivity contribution in [1.29, 1.82) is 0 Å². The maximum atomic E-state index is 13.2. The average molecular weight is 421 g/mol. The summed E-state index contributed by atoms with van der Waals surface area (Å²) in [6.07, 6.45) is -0.133. The predicted octanol–water partition coefficient (Wildman–Crippen LogP) is 2.18. The Morgan fingerprint density at radius 2 is 1.87 bits per heavy atom. The zero-order valence-electron chi connectivity index (χ0n) is 16.1. The Labute approximate surface area is 174 Å². The number of fused-ring (bicyclic) bond motifs is 2. The van der Waals surface area contributed by atoms with E-state index in [0.717, 1.165) is 0 Å². The first-order valence-corrected chi connectivity index (χ1v) is 9.49. The van der Waals surface area contributed by atoms with E-state index in [2.05, 4.69) is 20.6 Å². The molecule has 0 spiro atoms. The number of H-pyrrole nitrogens is 1. The van der Waals surface area contributed by atoms with Crippen LogP contribution in [-0.2, 0) is 11.2 Å². The number of hydrogen-bond donors (Lipinski definition) is 2. The molecule has 4 aromatic rings. The molecule has 0 bridgehead atoms. The van der Waals surface area contributed by atoms with Gasteiger partial charge in [-0.1, -0.05) is 0 Å². The van der Waals surface area contributed by atoms with Crippen LogP contribution in [0.25, 0.3) is 16.8 Å². The van der Waals surface area contributed by atoms with Crippen molar-refractivity contribution in [3.63, 3.8) is 0 Å². The number of halogens is 1. The quantitative estimate of drug-likeness (QED) is 0.523. The molecule has 2 aromatic carbocycles. The van der Waals surface area contributed by atoms with Crippen LogP contribution in [0, 0.1) is 5.82 Å². The molecular weight excluding hydrogens is 405 g/mol. The lowest BCUT2D eigenvalue weighted by molar-refractivity contribution is -0.115. The van der Waals surface area contributed by atoms with Gasteiger partial charge >= 0.3 is 0 Å². The van der Waals surface area contributed by atoms with Crippen molar-refractivity contribution in [2.45, 2.75) is 6.42 Å². The van der Waals surface area contributed by atoms with Crippen molar-refractivity contribution in [3.8, 4) is 22.8 Å². The molecule has 0 radical (unpaired) electrons. The van der Waals surface area contributed by atoms with Crippen LogP contribution in [0.4, 0.5) is 10.1 Å². The number of nitrogens with zero attached hydrogens (tertiary/aromatic N) is 3. The van der Waals surface area contributed by atoms with Gasteiger partial charge in [-0.25, -0.2) is 14.0 Å². The number of ether oxygens (including phenoxy) is 2. The summed E-state index contributed by atoms with van der Waals surface area (Å²) >= 11 is 0. The summed E-state index contributed by atoms with van der Waals surface area (Å²) in [5.41, 5.74) is 1.43. The number of hydrogen-bond acceptors (Lipinski definition) is 6. The number of rotatable bonds is 4. The van der Waals surface area contributed by atoms with E-state index in [1.165, 1.54) is 16.6 Å². The van der Waals surface area contributed by atoms with Crippen molar-refractivity contribution in [1.82, 2.24) is 19.8 Å². The van der Waals surface area contributed by atoms with Gasteiger partial charge in [0.2, 0.25) is 5.91 Å². The highest BCUT2D eigenvalue weighted by molar-refractivity contribution is 5.92. The average Bonchev–Trinajstić information content (AvgIpc) is 3.23. The topological polar surface area (TPSA) is 111 Å². The van der Waals surface area contributed by atoms with E-state index in [1.54, 1.807) is 36.4 Å². The molecule has 0 saturated heterocycles. The molecule has 1 aliphatic heterocycles. The third-order valence-electron chi connectivity index (χ3n) is 4.76. The van der Waals surface area contributed by atoms with Gasteiger partial charge in [0.15, 0.2) is 17.3 Å². The zero-order chi connectivity index (χ0) is 21.4. The number of benzene rings is 2. The van der Waals surface area contributed by atoms with Crippen LogP contribution in [0.2, 0.25) is 0 Å². The Morgan fingerprint density at radius 1 is 1.10 bits per heavy atom. The lowest BCUT2D eigenvalue weighted by Gasteiger charge is -2.19. The second-order valence-electron chi connectivity index (χ2n) is 6.89. The lowest BCUT2D eigenvalue weighted by Crippen LogP contribution is -2.22. The predicted molar refractivity (Wildman–Crippen MR) is 109 cm³/mol. The largest absolute Gasteiger partial charge is 0.486 e. The molecule has 0 aliphatic carbocycles. The van der Waals surface area contributed by atoms with Crippen molar-refractivity contribution in [2.75, 3.05) is 18.5 Å². The second kappa shape index (κ2) is 7.56. The Balaban J connectivity index is 1.41. The van der Waals surface area contributed by atoms with Gasteiger partial charge in [-0.05, 0) is 42.5 Å². The van der Waals surface area contributed by atoms with Gasteiger partial charge < -0.3 is 14.8 Å². The highest BCUT2D eigenvalue weighted by atomic mass is 19.1. The smallest absolute Gasteiger partial charge is 0.290 e. The summed E-state index contributed by atoms with van der Waals surface area (Å²) in [4.78, 5) is 24.8. The zero-order valence-corrected chi connectivity index (χ0v) is 16.1. The summed E-state index contributed by atoms with van der Waals surface area (Å²) in [6.45, 7) is 0.926. The minimum Gasteiger partial charge on any atom is -0.486 e. The Bertz CT molecular complexity index is 1350. The fourth-order valence-corrected chi connectivity index (χ4v) is 3.31. The highest BCUT2D eigenvalue weighted by Crippen LogP contribution is 2.32. The normalized spacial score (nSPS) is 12.7. The molecule has 0 saturated carbocycles. The molecule has 156 valence electrons. The van der Waals surface area contributed by atoms with E-state index < -0.39 is 5.56 Å². The van der Waals surface area contributed by atoms with Crippen LogP contribution >= 0.6 is 0 Å². The molecular formula is C21H16FN5O4. The maximum Gasteiger partial charge on any atom is 0.290 e. The number of carbonyl (C=O) groups is 1. The highest BCUT2D eigenvalue weighted by Gasteiger charge is 2.16. The van der Waals surface area contributed by atoms with Crippen LogP contribution in [-0.4, -0.2) is 38.9 Å². The number of nitrogens with one attached hydrogen (secondary N) is 2. The third kappa shape index (κ3) is 3.70. The lowest BCUT2D eigenvalue weighted by atomic mass is 10.1. The van der Waals surface area contributed by atoms with E-state index in [0.29, 0.717) is 41.7 Å². The van der Waals surface area contributed by atoms with Gasteiger partial charge in [0.05, 0.1) is 12.1 Å². The number of carbonyl (C=O) groups excluding carboxylic acids is 1. The van der Waals surface area contributed by atoms with Crippen molar-refractivity contribution >= 4 is 17.1 Å². The molecule has 1 amide bonds. The molecule has 0 fully saturated rings. The molecule has 0 unspecified atom stereocenters. The molecule has 31 heavy (non-hydrogen) atoms. The van der Waals surface area contributed by atoms with E-state index in [4.69, 9.17) is 9.47 Å². The Morgan fingerprint density at radius 3 is 2.68 bits per heavy atom. The first kappa shape index (κ1) is 18.8. The molecule has 2 aromatic heterocycles. The minimum atomic E-state index is -0.447. The number of anilines is 1. The van der Waals surface area contributed by atoms with E-state index in [-0.39, 0.29) is 29.5 Å². The molecule has 2 N–H and O–H groups in total. The summed E-state index contributed by atoms with van der Waals surface area (Å²) in [7, 11) is 0. The van der Waals surface area contributed by atoms with Crippen molar-refractivity contribution < 1.29 is 18.7 Å². The first-order chi connectivity index (χ1) is 15.1. The van der Waals surface area contributed by atoms with Crippen LogP contribution in [0.1, 0.15) is 5.82 Å². The fraction of sp³-hybridized carbons (Fsp3) is 0.143. The Hall–Kier alpha value is -4.21. The molecule has 5 rings (SSSR count). The monoisotopic (exact) mass is 421 g/mol. The minimum absolute atomic E-state index is 0.133. The van der Waals surface area contributed by atoms with Crippen molar-refractivity contribution in [2.24, 2.45) is 0 Å². The summed E-state index contributed by atoms with van der Waals surface area (Å²) in [5, 5.41) is 13.5. The van der Waals surface area contributed by atoms with Gasteiger partial charge in [0, 0.05) is 17.3 Å². The van der Waals surface area contributed by atoms with E-state index >= 15 is 0 Å². The number of aromatic amines is 1. The van der Waals surface area contributed by atoms with Gasteiger partial charge in [0.25, 0.3) is 5.56 Å². The van der Waals surface area contributed by atoms with Crippen LogP contribution in [0.15, 0.2) is 53.3 Å². The second-order valence-corrected chi connectivity index (χ2v) is 6.89. The Kier molecular flexibility index (Phi) is 4.58. The van der Waals surface area contributed by atoms with Crippen LogP contribution in [0.3, 0.4) is 0 Å².